The molecular formula is C16H22N2O. The second-order valence-corrected chi connectivity index (χ2v) is 5.60. The Morgan fingerprint density at radius 2 is 2.16 bits per heavy atom. The van der Waals surface area contributed by atoms with E-state index in [-0.39, 0.29) is 6.04 Å². The van der Waals surface area contributed by atoms with Gasteiger partial charge in [-0.25, -0.2) is 0 Å². The number of unbranched alkanes of at least 4 members (excludes halogenated alkanes) is 1. The first-order valence-electron chi connectivity index (χ1n) is 7.44. The first kappa shape index (κ1) is 12.7. The van der Waals surface area contributed by atoms with Gasteiger partial charge >= 0.3 is 0 Å². The highest BCUT2D eigenvalue weighted by atomic mass is 16.2. The molecule has 0 spiro atoms. The van der Waals surface area contributed by atoms with E-state index in [1.807, 2.05) is 11.0 Å². The molecule has 1 fully saturated rings. The second kappa shape index (κ2) is 5.33. The molecule has 1 aromatic rings. The Kier molecular flexibility index (Phi) is 3.56. The number of benzene rings is 1. The SMILES string of the molecule is CCCCN1C(=O)[C@@H]2CCCN2Cc2ccccc21. The minimum atomic E-state index is 0.115. The summed E-state index contributed by atoms with van der Waals surface area (Å²) in [5.74, 6) is 0.316. The third kappa shape index (κ3) is 2.27. The molecule has 1 atom stereocenters. The van der Waals surface area contributed by atoms with Gasteiger partial charge in [0, 0.05) is 18.8 Å². The van der Waals surface area contributed by atoms with Gasteiger partial charge in [-0.05, 0) is 37.4 Å². The van der Waals surface area contributed by atoms with Crippen LogP contribution in [0.2, 0.25) is 0 Å². The molecule has 1 amide bonds. The molecule has 102 valence electrons. The highest BCUT2D eigenvalue weighted by Gasteiger charge is 2.37. The Labute approximate surface area is 115 Å². The molecule has 3 nitrogen and oxygen atoms in total. The Bertz CT molecular complexity index is 472. The highest BCUT2D eigenvalue weighted by Crippen LogP contribution is 2.32. The molecule has 2 aliphatic rings. The Morgan fingerprint density at radius 3 is 3.00 bits per heavy atom. The van der Waals surface area contributed by atoms with Crippen LogP contribution in [0.15, 0.2) is 24.3 Å². The molecule has 0 radical (unpaired) electrons. The third-order valence-corrected chi connectivity index (χ3v) is 4.31. The number of carbonyl (C=O) groups excluding carboxylic acids is 1. The lowest BCUT2D eigenvalue weighted by Gasteiger charge is -2.26. The lowest BCUT2D eigenvalue weighted by Crippen LogP contribution is -2.43. The number of para-hydroxylation sites is 1. The third-order valence-electron chi connectivity index (χ3n) is 4.31. The van der Waals surface area contributed by atoms with Gasteiger partial charge in [0.2, 0.25) is 5.91 Å². The van der Waals surface area contributed by atoms with Crippen molar-refractivity contribution in [2.45, 2.75) is 45.2 Å². The molecule has 1 aromatic carbocycles. The van der Waals surface area contributed by atoms with E-state index in [2.05, 4.69) is 30.0 Å². The van der Waals surface area contributed by atoms with E-state index in [9.17, 15) is 4.79 Å². The second-order valence-electron chi connectivity index (χ2n) is 5.60. The van der Waals surface area contributed by atoms with Gasteiger partial charge < -0.3 is 4.90 Å². The van der Waals surface area contributed by atoms with Crippen LogP contribution in [0.1, 0.15) is 38.2 Å². The monoisotopic (exact) mass is 258 g/mol. The van der Waals surface area contributed by atoms with E-state index in [1.54, 1.807) is 0 Å². The predicted molar refractivity (Wildman–Crippen MR) is 77.1 cm³/mol. The first-order valence-corrected chi connectivity index (χ1v) is 7.44. The fourth-order valence-electron chi connectivity index (χ4n) is 3.27. The van der Waals surface area contributed by atoms with Crippen molar-refractivity contribution in [2.75, 3.05) is 18.0 Å². The van der Waals surface area contributed by atoms with Crippen LogP contribution in [0.3, 0.4) is 0 Å². The van der Waals surface area contributed by atoms with Gasteiger partial charge in [0.1, 0.15) is 0 Å². The van der Waals surface area contributed by atoms with Crippen LogP contribution in [-0.4, -0.2) is 29.9 Å². The fourth-order valence-corrected chi connectivity index (χ4v) is 3.27. The zero-order valence-electron chi connectivity index (χ0n) is 11.6. The van der Waals surface area contributed by atoms with Crippen LogP contribution in [0.5, 0.6) is 0 Å². The van der Waals surface area contributed by atoms with Gasteiger partial charge in [0.25, 0.3) is 0 Å². The van der Waals surface area contributed by atoms with Crippen molar-refractivity contribution in [2.24, 2.45) is 0 Å². The molecule has 3 rings (SSSR count). The number of nitrogens with zero attached hydrogens (tertiary/aromatic N) is 2. The molecule has 2 aliphatic heterocycles. The topological polar surface area (TPSA) is 23.6 Å². The normalized spacial score (nSPS) is 23.1. The fraction of sp³-hybridized carbons (Fsp3) is 0.562. The molecule has 19 heavy (non-hydrogen) atoms. The van der Waals surface area contributed by atoms with Gasteiger partial charge in [0.15, 0.2) is 0 Å². The number of carbonyl (C=O) groups is 1. The van der Waals surface area contributed by atoms with Gasteiger partial charge in [-0.3, -0.25) is 9.69 Å². The summed E-state index contributed by atoms with van der Waals surface area (Å²) in [5, 5.41) is 0. The van der Waals surface area contributed by atoms with E-state index in [0.717, 1.165) is 51.0 Å². The predicted octanol–water partition coefficient (Wildman–Crippen LogP) is 2.80. The summed E-state index contributed by atoms with van der Waals surface area (Å²) < 4.78 is 0. The molecule has 0 aliphatic carbocycles. The molecule has 0 aromatic heterocycles. The maximum absolute atomic E-state index is 12.8. The summed E-state index contributed by atoms with van der Waals surface area (Å²) in [4.78, 5) is 17.2. The maximum atomic E-state index is 12.8. The maximum Gasteiger partial charge on any atom is 0.244 e. The lowest BCUT2D eigenvalue weighted by atomic mass is 10.1. The highest BCUT2D eigenvalue weighted by molar-refractivity contribution is 5.98. The molecular weight excluding hydrogens is 236 g/mol. The van der Waals surface area contributed by atoms with Crippen LogP contribution >= 0.6 is 0 Å². The van der Waals surface area contributed by atoms with Gasteiger partial charge in [-0.1, -0.05) is 31.5 Å². The standard InChI is InChI=1S/C16H22N2O/c1-2-3-11-18-14-8-5-4-7-13(14)12-17-10-6-9-15(17)16(18)19/h4-5,7-8,15H,2-3,6,9-12H2,1H3/t15-/m0/s1. The summed E-state index contributed by atoms with van der Waals surface area (Å²) in [6.45, 7) is 5.02. The van der Waals surface area contributed by atoms with E-state index in [4.69, 9.17) is 0 Å². The van der Waals surface area contributed by atoms with Crippen molar-refractivity contribution in [3.63, 3.8) is 0 Å². The minimum absolute atomic E-state index is 0.115. The quantitative estimate of drug-likeness (QED) is 0.832. The zero-order chi connectivity index (χ0) is 13.2. The summed E-state index contributed by atoms with van der Waals surface area (Å²) >= 11 is 0. The van der Waals surface area contributed by atoms with Gasteiger partial charge in [-0.2, -0.15) is 0 Å². The Hall–Kier alpha value is -1.35. The minimum Gasteiger partial charge on any atom is -0.311 e. The van der Waals surface area contributed by atoms with E-state index >= 15 is 0 Å². The van der Waals surface area contributed by atoms with Crippen LogP contribution in [0, 0.1) is 0 Å². The molecule has 0 unspecified atom stereocenters. The molecule has 2 heterocycles. The van der Waals surface area contributed by atoms with Crippen LogP contribution < -0.4 is 4.90 Å². The Morgan fingerprint density at radius 1 is 1.32 bits per heavy atom. The summed E-state index contributed by atoms with van der Waals surface area (Å²) in [6.07, 6.45) is 4.38. The zero-order valence-corrected chi connectivity index (χ0v) is 11.6. The first-order chi connectivity index (χ1) is 9.31. The van der Waals surface area contributed by atoms with Crippen molar-refractivity contribution >= 4 is 11.6 Å². The average Bonchev–Trinajstić information content (AvgIpc) is 2.85. The molecule has 0 saturated carbocycles. The summed E-state index contributed by atoms with van der Waals surface area (Å²) in [7, 11) is 0. The number of anilines is 1. The van der Waals surface area contributed by atoms with E-state index in [1.165, 1.54) is 5.56 Å². The van der Waals surface area contributed by atoms with Crippen molar-refractivity contribution in [3.8, 4) is 0 Å². The van der Waals surface area contributed by atoms with Crippen molar-refractivity contribution in [1.82, 2.24) is 4.90 Å². The van der Waals surface area contributed by atoms with Crippen LogP contribution in [0.25, 0.3) is 0 Å². The molecule has 1 saturated heterocycles. The van der Waals surface area contributed by atoms with Gasteiger partial charge in [-0.15, -0.1) is 0 Å². The summed E-state index contributed by atoms with van der Waals surface area (Å²) in [5.41, 5.74) is 2.44. The van der Waals surface area contributed by atoms with Gasteiger partial charge in [0.05, 0.1) is 6.04 Å². The lowest BCUT2D eigenvalue weighted by molar-refractivity contribution is -0.122. The van der Waals surface area contributed by atoms with E-state index < -0.39 is 0 Å². The number of hydrogen-bond donors (Lipinski definition) is 0. The largest absolute Gasteiger partial charge is 0.311 e. The average molecular weight is 258 g/mol. The smallest absolute Gasteiger partial charge is 0.244 e. The molecule has 0 N–H and O–H groups in total. The molecule has 3 heteroatoms. The van der Waals surface area contributed by atoms with Crippen molar-refractivity contribution < 1.29 is 4.79 Å². The van der Waals surface area contributed by atoms with E-state index in [0.29, 0.717) is 5.91 Å². The molecule has 0 bridgehead atoms. The van der Waals surface area contributed by atoms with Crippen molar-refractivity contribution in [1.29, 1.82) is 0 Å². The number of hydrogen-bond acceptors (Lipinski definition) is 2. The van der Waals surface area contributed by atoms with Crippen LogP contribution in [0.4, 0.5) is 5.69 Å². The Balaban J connectivity index is 1.97. The van der Waals surface area contributed by atoms with Crippen LogP contribution in [-0.2, 0) is 11.3 Å². The number of rotatable bonds is 3. The van der Waals surface area contributed by atoms with Crippen molar-refractivity contribution in [3.05, 3.63) is 29.8 Å². The number of amides is 1. The number of fused-ring (bicyclic) bond motifs is 2. The summed E-state index contributed by atoms with van der Waals surface area (Å²) in [6, 6.07) is 8.51.